The fraction of sp³-hybridized carbons (Fsp3) is 0.182. The fourth-order valence-corrected chi connectivity index (χ4v) is 3.79. The first kappa shape index (κ1) is 18.4. The fourth-order valence-electron chi connectivity index (χ4n) is 3.01. The smallest absolute Gasteiger partial charge is 0.257 e. The predicted octanol–water partition coefficient (Wildman–Crippen LogP) is 4.74. The summed E-state index contributed by atoms with van der Waals surface area (Å²) in [5.41, 5.74) is 2.62. The highest BCUT2D eigenvalue weighted by Gasteiger charge is 2.13. The van der Waals surface area contributed by atoms with Crippen LogP contribution in [-0.2, 0) is 11.3 Å². The number of nitrogens with zero attached hydrogens (tertiary/aromatic N) is 2. The van der Waals surface area contributed by atoms with Crippen molar-refractivity contribution in [2.24, 2.45) is 0 Å². The maximum Gasteiger partial charge on any atom is 0.257 e. The Hall–Kier alpha value is -2.99. The summed E-state index contributed by atoms with van der Waals surface area (Å²) in [6.07, 6.45) is 0. The number of hydrogen-bond donors (Lipinski definition) is 0. The molecule has 0 aliphatic rings. The molecule has 0 fully saturated rings. The number of thioether (sulfide) groups is 1. The topological polar surface area (TPSA) is 55.6 Å². The number of aromatic nitrogens is 1. The standard InChI is InChI=1S/C22H20N2O3S/c1-24(13-15-7-8-17-12-18(26-2)10-9-16(17)11-15)21(25)14-28-22-23-19-5-3-4-6-20(19)27-22/h3-12H,13-14H2,1-2H3. The van der Waals surface area contributed by atoms with Crippen molar-refractivity contribution in [2.45, 2.75) is 11.8 Å². The van der Waals surface area contributed by atoms with Gasteiger partial charge in [-0.25, -0.2) is 4.98 Å². The zero-order valence-electron chi connectivity index (χ0n) is 15.7. The number of hydrogen-bond acceptors (Lipinski definition) is 5. The van der Waals surface area contributed by atoms with Gasteiger partial charge < -0.3 is 14.1 Å². The molecule has 0 N–H and O–H groups in total. The number of methoxy groups -OCH3 is 1. The summed E-state index contributed by atoms with van der Waals surface area (Å²) in [6.45, 7) is 0.551. The lowest BCUT2D eigenvalue weighted by molar-refractivity contribution is -0.127. The van der Waals surface area contributed by atoms with Gasteiger partial charge in [0.2, 0.25) is 5.91 Å². The molecule has 28 heavy (non-hydrogen) atoms. The van der Waals surface area contributed by atoms with Crippen molar-refractivity contribution in [1.29, 1.82) is 0 Å². The minimum atomic E-state index is 0.0297. The number of benzene rings is 3. The third-order valence-corrected chi connectivity index (χ3v) is 5.36. The van der Waals surface area contributed by atoms with Crippen LogP contribution in [-0.4, -0.2) is 35.7 Å². The van der Waals surface area contributed by atoms with E-state index in [-0.39, 0.29) is 11.7 Å². The number of fused-ring (bicyclic) bond motifs is 2. The van der Waals surface area contributed by atoms with Gasteiger partial charge in [0.25, 0.3) is 5.22 Å². The van der Waals surface area contributed by atoms with E-state index >= 15 is 0 Å². The van der Waals surface area contributed by atoms with Gasteiger partial charge >= 0.3 is 0 Å². The van der Waals surface area contributed by atoms with Gasteiger partial charge in [-0.05, 0) is 46.7 Å². The van der Waals surface area contributed by atoms with Crippen LogP contribution in [0.4, 0.5) is 0 Å². The molecule has 0 atom stereocenters. The van der Waals surface area contributed by atoms with Crippen molar-refractivity contribution in [3.8, 4) is 5.75 Å². The van der Waals surface area contributed by atoms with E-state index in [4.69, 9.17) is 9.15 Å². The zero-order valence-corrected chi connectivity index (χ0v) is 16.5. The number of rotatable bonds is 6. The Morgan fingerprint density at radius 3 is 2.71 bits per heavy atom. The minimum absolute atomic E-state index is 0.0297. The van der Waals surface area contributed by atoms with Crippen LogP contribution < -0.4 is 4.74 Å². The van der Waals surface area contributed by atoms with Crippen LogP contribution in [0.5, 0.6) is 5.75 Å². The van der Waals surface area contributed by atoms with Crippen molar-refractivity contribution in [3.63, 3.8) is 0 Å². The second-order valence-electron chi connectivity index (χ2n) is 6.53. The van der Waals surface area contributed by atoms with E-state index in [1.165, 1.54) is 11.8 Å². The number of carbonyl (C=O) groups excluding carboxylic acids is 1. The third-order valence-electron chi connectivity index (χ3n) is 4.55. The molecule has 1 aromatic heterocycles. The number of ether oxygens (including phenoxy) is 1. The first-order chi connectivity index (χ1) is 13.6. The van der Waals surface area contributed by atoms with Crippen LogP contribution in [0.1, 0.15) is 5.56 Å². The normalized spacial score (nSPS) is 11.1. The first-order valence-corrected chi connectivity index (χ1v) is 9.90. The molecule has 6 heteroatoms. The molecule has 3 aromatic carbocycles. The van der Waals surface area contributed by atoms with Crippen LogP contribution in [0, 0.1) is 0 Å². The summed E-state index contributed by atoms with van der Waals surface area (Å²) in [5, 5.41) is 2.76. The molecular formula is C22H20N2O3S. The molecule has 1 amide bonds. The second-order valence-corrected chi connectivity index (χ2v) is 7.46. The average molecular weight is 392 g/mol. The summed E-state index contributed by atoms with van der Waals surface area (Å²) in [5.74, 6) is 1.15. The SMILES string of the molecule is COc1ccc2cc(CN(C)C(=O)CSc3nc4ccccc4o3)ccc2c1. The van der Waals surface area contributed by atoms with E-state index in [9.17, 15) is 4.79 Å². The molecule has 4 aromatic rings. The monoisotopic (exact) mass is 392 g/mol. The molecule has 0 bridgehead atoms. The van der Waals surface area contributed by atoms with Gasteiger partial charge in [0.15, 0.2) is 5.58 Å². The van der Waals surface area contributed by atoms with E-state index in [1.54, 1.807) is 12.0 Å². The van der Waals surface area contributed by atoms with Crippen molar-refractivity contribution in [3.05, 3.63) is 66.2 Å². The number of oxazole rings is 1. The number of para-hydroxylation sites is 2. The largest absolute Gasteiger partial charge is 0.497 e. The molecule has 5 nitrogen and oxygen atoms in total. The third kappa shape index (κ3) is 3.97. The number of amides is 1. The van der Waals surface area contributed by atoms with Gasteiger partial charge in [-0.1, -0.05) is 42.1 Å². The molecule has 1 heterocycles. The Labute approximate surface area is 167 Å². The summed E-state index contributed by atoms with van der Waals surface area (Å²) in [7, 11) is 3.47. The molecule has 0 radical (unpaired) electrons. The Bertz CT molecular complexity index is 1110. The highest BCUT2D eigenvalue weighted by molar-refractivity contribution is 7.99. The second kappa shape index (κ2) is 7.94. The van der Waals surface area contributed by atoms with Crippen LogP contribution in [0.3, 0.4) is 0 Å². The summed E-state index contributed by atoms with van der Waals surface area (Å²) < 4.78 is 10.9. The molecule has 4 rings (SSSR count). The van der Waals surface area contributed by atoms with Gasteiger partial charge in [0.05, 0.1) is 12.9 Å². The molecule has 0 unspecified atom stereocenters. The van der Waals surface area contributed by atoms with E-state index < -0.39 is 0 Å². The lowest BCUT2D eigenvalue weighted by Crippen LogP contribution is -2.27. The van der Waals surface area contributed by atoms with Crippen LogP contribution in [0.2, 0.25) is 0 Å². The van der Waals surface area contributed by atoms with Crippen molar-refractivity contribution in [2.75, 3.05) is 19.9 Å². The molecule has 0 aliphatic carbocycles. The van der Waals surface area contributed by atoms with Gasteiger partial charge in [-0.3, -0.25) is 4.79 Å². The summed E-state index contributed by atoms with van der Waals surface area (Å²) >= 11 is 1.32. The Balaban J connectivity index is 1.39. The quantitative estimate of drug-likeness (QED) is 0.444. The Morgan fingerprint density at radius 2 is 1.89 bits per heavy atom. The lowest BCUT2D eigenvalue weighted by atomic mass is 10.1. The first-order valence-electron chi connectivity index (χ1n) is 8.91. The van der Waals surface area contributed by atoms with Crippen molar-refractivity contribution >= 4 is 39.5 Å². The molecule has 142 valence electrons. The minimum Gasteiger partial charge on any atom is -0.497 e. The predicted molar refractivity (Wildman–Crippen MR) is 112 cm³/mol. The van der Waals surface area contributed by atoms with Crippen LogP contribution in [0.15, 0.2) is 70.3 Å². The molecular weight excluding hydrogens is 372 g/mol. The maximum absolute atomic E-state index is 12.5. The van der Waals surface area contributed by atoms with E-state index in [2.05, 4.69) is 17.1 Å². The highest BCUT2D eigenvalue weighted by atomic mass is 32.2. The molecule has 0 spiro atoms. The maximum atomic E-state index is 12.5. The zero-order chi connectivity index (χ0) is 19.5. The van der Waals surface area contributed by atoms with Crippen LogP contribution in [0.25, 0.3) is 21.9 Å². The van der Waals surface area contributed by atoms with E-state index in [1.807, 2.05) is 55.6 Å². The van der Waals surface area contributed by atoms with Crippen LogP contribution >= 0.6 is 11.8 Å². The van der Waals surface area contributed by atoms with E-state index in [0.29, 0.717) is 11.8 Å². The van der Waals surface area contributed by atoms with E-state index in [0.717, 1.165) is 33.2 Å². The average Bonchev–Trinajstić information content (AvgIpc) is 3.14. The lowest BCUT2D eigenvalue weighted by Gasteiger charge is -2.17. The summed E-state index contributed by atoms with van der Waals surface area (Å²) in [6, 6.07) is 19.8. The van der Waals surface area contributed by atoms with Gasteiger partial charge in [-0.2, -0.15) is 0 Å². The molecule has 0 saturated heterocycles. The van der Waals surface area contributed by atoms with Crippen molar-refractivity contribution in [1.82, 2.24) is 9.88 Å². The number of carbonyl (C=O) groups is 1. The van der Waals surface area contributed by atoms with Crippen molar-refractivity contribution < 1.29 is 13.9 Å². The van der Waals surface area contributed by atoms with Gasteiger partial charge in [-0.15, -0.1) is 0 Å². The van der Waals surface area contributed by atoms with Gasteiger partial charge in [0, 0.05) is 13.6 Å². The molecule has 0 saturated carbocycles. The highest BCUT2D eigenvalue weighted by Crippen LogP contribution is 2.24. The van der Waals surface area contributed by atoms with Gasteiger partial charge in [0.1, 0.15) is 11.3 Å². The molecule has 0 aliphatic heterocycles. The Kier molecular flexibility index (Phi) is 5.21. The Morgan fingerprint density at radius 1 is 1.11 bits per heavy atom. The summed E-state index contributed by atoms with van der Waals surface area (Å²) in [4.78, 5) is 18.6.